The third kappa shape index (κ3) is 9.30. The largest absolute Gasteiger partial charge is 0.508 e. The molecule has 0 aromatic heterocycles. The number of rotatable bonds is 13. The first kappa shape index (κ1) is 40.2. The third-order valence-electron chi connectivity index (χ3n) is 9.86. The van der Waals surface area contributed by atoms with Crippen molar-refractivity contribution in [3.63, 3.8) is 0 Å². The zero-order valence-corrected chi connectivity index (χ0v) is 32.9. The van der Waals surface area contributed by atoms with Crippen LogP contribution in [-0.4, -0.2) is 46.9 Å². The van der Waals surface area contributed by atoms with Gasteiger partial charge in [0.2, 0.25) is 11.8 Å². The molecule has 0 aliphatic carbocycles. The molecule has 306 valence electrons. The van der Waals surface area contributed by atoms with E-state index < -0.39 is 23.6 Å². The molecule has 0 unspecified atom stereocenters. The highest BCUT2D eigenvalue weighted by atomic mass is 16.5. The van der Waals surface area contributed by atoms with Crippen molar-refractivity contribution in [1.82, 2.24) is 10.6 Å². The summed E-state index contributed by atoms with van der Waals surface area (Å²) in [5, 5.41) is 33.8. The predicted octanol–water partition coefficient (Wildman–Crippen LogP) is 9.39. The van der Waals surface area contributed by atoms with Gasteiger partial charge in [-0.3, -0.25) is 19.2 Å². The van der Waals surface area contributed by atoms with Crippen molar-refractivity contribution in [1.29, 1.82) is 0 Å². The molecular formula is C50H38N4O8. The monoisotopic (exact) mass is 822 g/mol. The van der Waals surface area contributed by atoms with Crippen LogP contribution in [0.2, 0.25) is 0 Å². The number of fused-ring (bicyclic) bond motifs is 2. The van der Waals surface area contributed by atoms with Gasteiger partial charge in [0.15, 0.2) is 11.5 Å². The van der Waals surface area contributed by atoms with Crippen LogP contribution in [-0.2, 0) is 9.59 Å². The smallest absolute Gasteiger partial charge is 0.252 e. The highest BCUT2D eigenvalue weighted by molar-refractivity contribution is 6.12. The summed E-state index contributed by atoms with van der Waals surface area (Å²) < 4.78 is 12.0. The first-order valence-corrected chi connectivity index (χ1v) is 19.5. The van der Waals surface area contributed by atoms with Gasteiger partial charge in [-0.05, 0) is 105 Å². The summed E-state index contributed by atoms with van der Waals surface area (Å²) in [6, 6.07) is 48.2. The molecule has 6 N–H and O–H groups in total. The van der Waals surface area contributed by atoms with Crippen LogP contribution in [0.15, 0.2) is 170 Å². The van der Waals surface area contributed by atoms with Crippen molar-refractivity contribution in [2.45, 2.75) is 0 Å². The van der Waals surface area contributed by atoms with E-state index in [9.17, 15) is 29.4 Å². The first-order valence-electron chi connectivity index (χ1n) is 19.5. The summed E-state index contributed by atoms with van der Waals surface area (Å²) in [5.41, 5.74) is 2.89. The maximum Gasteiger partial charge on any atom is 0.252 e. The molecule has 12 nitrogen and oxygen atoms in total. The van der Waals surface area contributed by atoms with E-state index in [4.69, 9.17) is 9.47 Å². The van der Waals surface area contributed by atoms with Gasteiger partial charge in [0, 0.05) is 17.2 Å². The number of anilines is 2. The molecule has 0 saturated carbocycles. The van der Waals surface area contributed by atoms with Gasteiger partial charge in [-0.2, -0.15) is 0 Å². The number of para-hydroxylation sites is 2. The lowest BCUT2D eigenvalue weighted by Crippen LogP contribution is -2.33. The van der Waals surface area contributed by atoms with Crippen molar-refractivity contribution in [2.75, 3.05) is 23.7 Å². The Balaban J connectivity index is 1.00. The molecule has 0 heterocycles. The van der Waals surface area contributed by atoms with Crippen LogP contribution < -0.4 is 30.7 Å². The number of aromatic hydroxyl groups is 2. The Bertz CT molecular complexity index is 2980. The minimum Gasteiger partial charge on any atom is -0.508 e. The van der Waals surface area contributed by atoms with Crippen molar-refractivity contribution in [3.05, 3.63) is 181 Å². The average molecular weight is 823 g/mol. The van der Waals surface area contributed by atoms with E-state index in [0.29, 0.717) is 50.7 Å². The van der Waals surface area contributed by atoms with E-state index in [-0.39, 0.29) is 30.3 Å². The second-order valence-corrected chi connectivity index (χ2v) is 14.1. The SMILES string of the molecule is O=C(CNC(=O)c1cccc2ccccc12)Nc1cc(-c2ccc(C(=O)NCC(=O)Nc3ccccc3Oc3ccc(O)cc3)c3ccccc23)ccc1Oc1cccc(O)c1. The molecular weight excluding hydrogens is 785 g/mol. The van der Waals surface area contributed by atoms with Gasteiger partial charge in [-0.15, -0.1) is 0 Å². The maximum absolute atomic E-state index is 13.6. The van der Waals surface area contributed by atoms with Gasteiger partial charge in [0.25, 0.3) is 11.8 Å². The fourth-order valence-corrected chi connectivity index (χ4v) is 6.93. The molecule has 0 aliphatic heterocycles. The van der Waals surface area contributed by atoms with Crippen molar-refractivity contribution < 1.29 is 38.9 Å². The second kappa shape index (κ2) is 18.1. The molecule has 0 fully saturated rings. The van der Waals surface area contributed by atoms with Crippen LogP contribution in [0, 0.1) is 0 Å². The lowest BCUT2D eigenvalue weighted by Gasteiger charge is -2.16. The molecule has 0 atom stereocenters. The molecule has 0 aliphatic rings. The Kier molecular flexibility index (Phi) is 11.7. The number of carbonyl (C=O) groups is 4. The number of phenols is 2. The van der Waals surface area contributed by atoms with Crippen LogP contribution in [0.1, 0.15) is 20.7 Å². The summed E-state index contributed by atoms with van der Waals surface area (Å²) in [6.07, 6.45) is 0. The van der Waals surface area contributed by atoms with Crippen LogP contribution in [0.5, 0.6) is 34.5 Å². The van der Waals surface area contributed by atoms with Crippen LogP contribution >= 0.6 is 0 Å². The summed E-state index contributed by atoms with van der Waals surface area (Å²) in [7, 11) is 0. The molecule has 0 radical (unpaired) electrons. The Morgan fingerprint density at radius 3 is 1.81 bits per heavy atom. The van der Waals surface area contributed by atoms with E-state index >= 15 is 0 Å². The number of hydrogen-bond acceptors (Lipinski definition) is 8. The fourth-order valence-electron chi connectivity index (χ4n) is 6.93. The number of phenolic OH excluding ortho intramolecular Hbond substituents is 2. The molecule has 0 spiro atoms. The number of amides is 4. The Morgan fingerprint density at radius 1 is 0.452 bits per heavy atom. The van der Waals surface area contributed by atoms with E-state index in [2.05, 4.69) is 21.3 Å². The predicted molar refractivity (Wildman–Crippen MR) is 238 cm³/mol. The van der Waals surface area contributed by atoms with Gasteiger partial charge in [-0.25, -0.2) is 0 Å². The minimum absolute atomic E-state index is 0.000940. The normalized spacial score (nSPS) is 10.8. The van der Waals surface area contributed by atoms with Gasteiger partial charge in [-0.1, -0.05) is 91.0 Å². The van der Waals surface area contributed by atoms with E-state index in [1.54, 1.807) is 84.9 Å². The third-order valence-corrected chi connectivity index (χ3v) is 9.86. The average Bonchev–Trinajstić information content (AvgIpc) is 3.29. The lowest BCUT2D eigenvalue weighted by atomic mass is 9.94. The Hall–Kier alpha value is -8.64. The minimum atomic E-state index is -0.509. The molecule has 12 heteroatoms. The summed E-state index contributed by atoms with van der Waals surface area (Å²) in [6.45, 7) is -0.655. The van der Waals surface area contributed by atoms with E-state index in [1.807, 2.05) is 60.7 Å². The standard InChI is InChI=1S/C50H38N4O8/c55-33-20-22-35(23-21-33)61-45-18-6-5-17-43(45)53-47(57)29-52-50(60)42-25-24-38(39-14-3-4-15-40(39)42)32-19-26-46(62-36-12-8-11-34(56)28-36)44(27-32)54-48(58)30-51-49(59)41-16-7-10-31-9-1-2-13-37(31)41/h1-28,55-56H,29-30H2,(H,51,59)(H,52,60)(H,53,57)(H,54,58). The lowest BCUT2D eigenvalue weighted by molar-refractivity contribution is -0.116. The quantitative estimate of drug-likeness (QED) is 0.0667. The summed E-state index contributed by atoms with van der Waals surface area (Å²) in [4.78, 5) is 53.4. The maximum atomic E-state index is 13.6. The van der Waals surface area contributed by atoms with Gasteiger partial charge in [0.05, 0.1) is 24.5 Å². The highest BCUT2D eigenvalue weighted by Crippen LogP contribution is 2.38. The molecule has 4 amide bonds. The van der Waals surface area contributed by atoms with E-state index in [1.165, 1.54) is 24.3 Å². The summed E-state index contributed by atoms with van der Waals surface area (Å²) in [5.74, 6) is -0.308. The zero-order chi connectivity index (χ0) is 43.0. The zero-order valence-electron chi connectivity index (χ0n) is 32.9. The van der Waals surface area contributed by atoms with Crippen LogP contribution in [0.3, 0.4) is 0 Å². The molecule has 0 bridgehead atoms. The van der Waals surface area contributed by atoms with Crippen molar-refractivity contribution in [2.24, 2.45) is 0 Å². The van der Waals surface area contributed by atoms with Crippen LogP contribution in [0.25, 0.3) is 32.7 Å². The topological polar surface area (TPSA) is 175 Å². The van der Waals surface area contributed by atoms with Crippen molar-refractivity contribution in [3.8, 4) is 45.6 Å². The molecule has 8 rings (SSSR count). The second-order valence-electron chi connectivity index (χ2n) is 14.1. The molecule has 62 heavy (non-hydrogen) atoms. The van der Waals surface area contributed by atoms with Gasteiger partial charge < -0.3 is 41.0 Å². The molecule has 8 aromatic carbocycles. The first-order chi connectivity index (χ1) is 30.2. The Morgan fingerprint density at radius 2 is 1.05 bits per heavy atom. The number of hydrogen-bond donors (Lipinski definition) is 6. The molecule has 8 aromatic rings. The highest BCUT2D eigenvalue weighted by Gasteiger charge is 2.19. The van der Waals surface area contributed by atoms with E-state index in [0.717, 1.165) is 21.7 Å². The van der Waals surface area contributed by atoms with Crippen molar-refractivity contribution >= 4 is 56.5 Å². The summed E-state index contributed by atoms with van der Waals surface area (Å²) >= 11 is 0. The van der Waals surface area contributed by atoms with Gasteiger partial charge >= 0.3 is 0 Å². The number of carbonyl (C=O) groups excluding carboxylic acids is 4. The van der Waals surface area contributed by atoms with Gasteiger partial charge in [0.1, 0.15) is 23.0 Å². The fraction of sp³-hybridized carbons (Fsp3) is 0.0400. The van der Waals surface area contributed by atoms with Crippen LogP contribution in [0.4, 0.5) is 11.4 Å². The number of benzene rings is 8. The number of nitrogens with one attached hydrogen (secondary N) is 4. The number of ether oxygens (including phenoxy) is 2. The molecule has 0 saturated heterocycles. The Labute approximate surface area is 355 Å².